The van der Waals surface area contributed by atoms with E-state index >= 15 is 0 Å². The number of nitrogens with two attached hydrogens (primary N) is 1. The van der Waals surface area contributed by atoms with Crippen molar-refractivity contribution in [3.05, 3.63) is 23.9 Å². The van der Waals surface area contributed by atoms with Crippen molar-refractivity contribution in [1.82, 2.24) is 4.98 Å². The monoisotopic (exact) mass is 273 g/mol. The predicted molar refractivity (Wildman–Crippen MR) is 80.5 cm³/mol. The minimum atomic E-state index is 0.707. The predicted octanol–water partition coefficient (Wildman–Crippen LogP) is 1.97. The average molecular weight is 273 g/mol. The molecule has 0 atom stereocenters. The molecule has 106 valence electrons. The zero-order valence-corrected chi connectivity index (χ0v) is 11.8. The number of anilines is 2. The lowest BCUT2D eigenvalue weighted by molar-refractivity contribution is 0.122. The molecule has 3 rings (SSSR count). The van der Waals surface area contributed by atoms with Crippen LogP contribution in [0.25, 0.3) is 10.9 Å². The first-order valence-corrected chi connectivity index (χ1v) is 6.76. The molecule has 0 spiro atoms. The first kappa shape index (κ1) is 13.0. The molecule has 2 aromatic rings. The summed E-state index contributed by atoms with van der Waals surface area (Å²) < 4.78 is 10.9. The number of hydrogen-bond acceptors (Lipinski definition) is 5. The maximum Gasteiger partial charge on any atom is 0.142 e. The van der Waals surface area contributed by atoms with E-state index in [1.165, 1.54) is 0 Å². The van der Waals surface area contributed by atoms with Crippen molar-refractivity contribution in [1.29, 1.82) is 0 Å². The number of hydrogen-bond donors (Lipinski definition) is 1. The molecule has 0 unspecified atom stereocenters. The third-order valence-corrected chi connectivity index (χ3v) is 3.70. The van der Waals surface area contributed by atoms with Crippen LogP contribution in [-0.4, -0.2) is 38.4 Å². The van der Waals surface area contributed by atoms with Crippen LogP contribution in [0.15, 0.2) is 18.2 Å². The van der Waals surface area contributed by atoms with Crippen LogP contribution in [0.4, 0.5) is 11.4 Å². The summed E-state index contributed by atoms with van der Waals surface area (Å²) in [5.74, 6) is 0.851. The maximum atomic E-state index is 5.93. The Balaban J connectivity index is 2.12. The Kier molecular flexibility index (Phi) is 3.36. The van der Waals surface area contributed by atoms with Crippen LogP contribution in [0.3, 0.4) is 0 Å². The Morgan fingerprint density at radius 1 is 1.25 bits per heavy atom. The second-order valence-electron chi connectivity index (χ2n) is 4.98. The second-order valence-corrected chi connectivity index (χ2v) is 4.98. The van der Waals surface area contributed by atoms with Crippen molar-refractivity contribution in [2.45, 2.75) is 6.92 Å². The zero-order valence-electron chi connectivity index (χ0n) is 11.8. The summed E-state index contributed by atoms with van der Waals surface area (Å²) in [4.78, 5) is 6.84. The third kappa shape index (κ3) is 2.25. The van der Waals surface area contributed by atoms with Gasteiger partial charge in [-0.05, 0) is 25.1 Å². The number of methoxy groups -OCH3 is 1. The van der Waals surface area contributed by atoms with E-state index in [1.54, 1.807) is 7.11 Å². The molecule has 0 aliphatic carbocycles. The van der Waals surface area contributed by atoms with E-state index in [2.05, 4.69) is 16.0 Å². The minimum absolute atomic E-state index is 0.707. The number of ether oxygens (including phenoxy) is 2. The van der Waals surface area contributed by atoms with E-state index in [4.69, 9.17) is 15.2 Å². The van der Waals surface area contributed by atoms with Gasteiger partial charge in [0.05, 0.1) is 42.9 Å². The highest BCUT2D eigenvalue weighted by Crippen LogP contribution is 2.34. The summed E-state index contributed by atoms with van der Waals surface area (Å²) in [6, 6.07) is 6.03. The number of aryl methyl sites for hydroxylation is 1. The number of benzene rings is 1. The van der Waals surface area contributed by atoms with Crippen molar-refractivity contribution in [2.75, 3.05) is 44.0 Å². The highest BCUT2D eigenvalue weighted by Gasteiger charge is 2.17. The smallest absolute Gasteiger partial charge is 0.142 e. The van der Waals surface area contributed by atoms with Gasteiger partial charge in [-0.1, -0.05) is 0 Å². The SMILES string of the molecule is COc1cc2cc(N)c(C)nc2cc1N1CCOCC1. The van der Waals surface area contributed by atoms with Gasteiger partial charge in [0, 0.05) is 18.5 Å². The highest BCUT2D eigenvalue weighted by atomic mass is 16.5. The van der Waals surface area contributed by atoms with Crippen molar-refractivity contribution in [3.63, 3.8) is 0 Å². The van der Waals surface area contributed by atoms with Gasteiger partial charge in [0.1, 0.15) is 5.75 Å². The number of rotatable bonds is 2. The fourth-order valence-corrected chi connectivity index (χ4v) is 2.52. The Morgan fingerprint density at radius 3 is 2.70 bits per heavy atom. The fraction of sp³-hybridized carbons (Fsp3) is 0.400. The molecule has 1 fully saturated rings. The van der Waals surface area contributed by atoms with Crippen LogP contribution in [0.1, 0.15) is 5.69 Å². The van der Waals surface area contributed by atoms with Crippen LogP contribution in [0, 0.1) is 6.92 Å². The molecule has 0 amide bonds. The van der Waals surface area contributed by atoms with Crippen molar-refractivity contribution >= 4 is 22.3 Å². The van der Waals surface area contributed by atoms with Crippen LogP contribution in [0.2, 0.25) is 0 Å². The number of nitrogen functional groups attached to an aromatic ring is 1. The molecule has 20 heavy (non-hydrogen) atoms. The minimum Gasteiger partial charge on any atom is -0.495 e. The largest absolute Gasteiger partial charge is 0.495 e. The molecule has 2 N–H and O–H groups in total. The Bertz CT molecular complexity index is 637. The van der Waals surface area contributed by atoms with E-state index in [9.17, 15) is 0 Å². The number of pyridine rings is 1. The van der Waals surface area contributed by atoms with E-state index in [1.807, 2.05) is 19.1 Å². The van der Waals surface area contributed by atoms with Gasteiger partial charge in [-0.25, -0.2) is 0 Å². The molecule has 0 saturated carbocycles. The summed E-state index contributed by atoms with van der Waals surface area (Å²) in [7, 11) is 1.69. The van der Waals surface area contributed by atoms with Gasteiger partial charge in [0.15, 0.2) is 0 Å². The van der Waals surface area contributed by atoms with Gasteiger partial charge in [-0.15, -0.1) is 0 Å². The fourth-order valence-electron chi connectivity index (χ4n) is 2.52. The van der Waals surface area contributed by atoms with Crippen molar-refractivity contribution in [3.8, 4) is 5.75 Å². The molecular weight excluding hydrogens is 254 g/mol. The van der Waals surface area contributed by atoms with Gasteiger partial charge in [-0.2, -0.15) is 0 Å². The lowest BCUT2D eigenvalue weighted by Gasteiger charge is -2.30. The topological polar surface area (TPSA) is 60.6 Å². The summed E-state index contributed by atoms with van der Waals surface area (Å²) >= 11 is 0. The lowest BCUT2D eigenvalue weighted by atomic mass is 10.1. The average Bonchev–Trinajstić information content (AvgIpc) is 2.48. The van der Waals surface area contributed by atoms with Gasteiger partial charge < -0.3 is 20.1 Å². The van der Waals surface area contributed by atoms with Crippen LogP contribution in [0.5, 0.6) is 5.75 Å². The molecule has 0 radical (unpaired) electrons. The van der Waals surface area contributed by atoms with Crippen molar-refractivity contribution < 1.29 is 9.47 Å². The third-order valence-electron chi connectivity index (χ3n) is 3.70. The molecule has 2 heterocycles. The highest BCUT2D eigenvalue weighted by molar-refractivity contribution is 5.88. The standard InChI is InChI=1S/C15H19N3O2/c1-10-12(16)7-11-8-15(19-2)14(9-13(11)17-10)18-3-5-20-6-4-18/h7-9H,3-6,16H2,1-2H3. The van der Waals surface area contributed by atoms with Crippen molar-refractivity contribution in [2.24, 2.45) is 0 Å². The van der Waals surface area contributed by atoms with Crippen LogP contribution < -0.4 is 15.4 Å². The summed E-state index contributed by atoms with van der Waals surface area (Å²) in [5.41, 5.74) is 9.51. The molecule has 0 bridgehead atoms. The summed E-state index contributed by atoms with van der Waals surface area (Å²) in [6.07, 6.45) is 0. The number of nitrogens with zero attached hydrogens (tertiary/aromatic N) is 2. The van der Waals surface area contributed by atoms with Crippen LogP contribution in [-0.2, 0) is 4.74 Å². The van der Waals surface area contributed by atoms with E-state index in [0.717, 1.165) is 54.3 Å². The molecule has 5 nitrogen and oxygen atoms in total. The van der Waals surface area contributed by atoms with Gasteiger partial charge in [0.25, 0.3) is 0 Å². The normalized spacial score (nSPS) is 15.6. The molecule has 1 aromatic carbocycles. The van der Waals surface area contributed by atoms with Gasteiger partial charge >= 0.3 is 0 Å². The Hall–Kier alpha value is -2.01. The molecule has 1 aliphatic rings. The van der Waals surface area contributed by atoms with Gasteiger partial charge in [-0.3, -0.25) is 4.98 Å². The number of morpholine rings is 1. The number of fused-ring (bicyclic) bond motifs is 1. The first-order chi connectivity index (χ1) is 9.69. The molecule has 1 saturated heterocycles. The maximum absolute atomic E-state index is 5.93. The second kappa shape index (κ2) is 5.17. The molecular formula is C15H19N3O2. The molecule has 1 aliphatic heterocycles. The van der Waals surface area contributed by atoms with E-state index in [0.29, 0.717) is 5.69 Å². The number of aromatic nitrogens is 1. The first-order valence-electron chi connectivity index (χ1n) is 6.76. The molecule has 1 aromatic heterocycles. The Morgan fingerprint density at radius 2 is 2.00 bits per heavy atom. The Labute approximate surface area is 118 Å². The summed E-state index contributed by atoms with van der Waals surface area (Å²) in [6.45, 7) is 5.16. The zero-order chi connectivity index (χ0) is 14.1. The van der Waals surface area contributed by atoms with Gasteiger partial charge in [0.2, 0.25) is 0 Å². The summed E-state index contributed by atoms with van der Waals surface area (Å²) in [5, 5.41) is 1.00. The van der Waals surface area contributed by atoms with Crippen LogP contribution >= 0.6 is 0 Å². The molecule has 5 heteroatoms. The lowest BCUT2D eigenvalue weighted by Crippen LogP contribution is -2.36. The van der Waals surface area contributed by atoms with E-state index in [-0.39, 0.29) is 0 Å². The van der Waals surface area contributed by atoms with E-state index < -0.39 is 0 Å². The quantitative estimate of drug-likeness (QED) is 0.906.